The summed E-state index contributed by atoms with van der Waals surface area (Å²) in [7, 11) is 0. The van der Waals surface area contributed by atoms with Crippen molar-refractivity contribution >= 4 is 5.91 Å². The van der Waals surface area contributed by atoms with E-state index in [4.69, 9.17) is 4.74 Å². The van der Waals surface area contributed by atoms with Crippen LogP contribution in [-0.2, 0) is 9.53 Å². The predicted molar refractivity (Wildman–Crippen MR) is 76.0 cm³/mol. The van der Waals surface area contributed by atoms with E-state index in [1.807, 2.05) is 0 Å². The van der Waals surface area contributed by atoms with Crippen LogP contribution in [0.1, 0.15) is 51.4 Å². The molecule has 1 saturated carbocycles. The van der Waals surface area contributed by atoms with Crippen molar-refractivity contribution in [3.63, 3.8) is 0 Å². The summed E-state index contributed by atoms with van der Waals surface area (Å²) in [5.74, 6) is 0.846. The lowest BCUT2D eigenvalue weighted by molar-refractivity contribution is -0.121. The van der Waals surface area contributed by atoms with Crippen molar-refractivity contribution in [2.45, 2.75) is 57.4 Å². The highest BCUT2D eigenvalue weighted by atomic mass is 16.5. The average Bonchev–Trinajstić information content (AvgIpc) is 2.68. The Morgan fingerprint density at radius 1 is 1.00 bits per heavy atom. The molecule has 2 fully saturated rings. The molecule has 0 aromatic rings. The van der Waals surface area contributed by atoms with Crippen molar-refractivity contribution in [2.24, 2.45) is 5.92 Å². The van der Waals surface area contributed by atoms with E-state index in [0.717, 1.165) is 45.4 Å². The molecule has 4 nitrogen and oxygen atoms in total. The fourth-order valence-corrected chi connectivity index (χ4v) is 3.04. The van der Waals surface area contributed by atoms with Gasteiger partial charge in [-0.15, -0.1) is 0 Å². The van der Waals surface area contributed by atoms with Crippen LogP contribution in [0.5, 0.6) is 0 Å². The number of nitrogens with one attached hydrogen (secondary N) is 2. The van der Waals surface area contributed by atoms with Crippen molar-refractivity contribution in [3.05, 3.63) is 0 Å². The standard InChI is InChI=1S/C15H28N2O2/c18-15(17-14-5-3-1-2-4-6-14)12-16-11-13-7-9-19-10-8-13/h13-14,16H,1-12H2,(H,17,18). The van der Waals surface area contributed by atoms with Crippen LogP contribution in [0.25, 0.3) is 0 Å². The summed E-state index contributed by atoms with van der Waals surface area (Å²) in [5.41, 5.74) is 0. The minimum absolute atomic E-state index is 0.166. The molecule has 1 amide bonds. The molecule has 1 aliphatic carbocycles. The first kappa shape index (κ1) is 14.8. The second-order valence-electron chi connectivity index (χ2n) is 5.94. The van der Waals surface area contributed by atoms with Gasteiger partial charge in [-0.05, 0) is 38.1 Å². The zero-order chi connectivity index (χ0) is 13.3. The van der Waals surface area contributed by atoms with E-state index in [2.05, 4.69) is 10.6 Å². The normalized spacial score (nSPS) is 22.9. The fourth-order valence-electron chi connectivity index (χ4n) is 3.04. The minimum Gasteiger partial charge on any atom is -0.381 e. The van der Waals surface area contributed by atoms with Crippen LogP contribution in [0, 0.1) is 5.92 Å². The van der Waals surface area contributed by atoms with Crippen LogP contribution in [0.3, 0.4) is 0 Å². The Bertz CT molecular complexity index is 257. The van der Waals surface area contributed by atoms with E-state index >= 15 is 0 Å². The number of carbonyl (C=O) groups is 1. The lowest BCUT2D eigenvalue weighted by Crippen LogP contribution is -2.41. The number of carbonyl (C=O) groups excluding carboxylic acids is 1. The molecule has 2 aliphatic rings. The van der Waals surface area contributed by atoms with Gasteiger partial charge in [0.05, 0.1) is 6.54 Å². The highest BCUT2D eigenvalue weighted by Gasteiger charge is 2.16. The summed E-state index contributed by atoms with van der Waals surface area (Å²) in [6.45, 7) is 3.16. The zero-order valence-electron chi connectivity index (χ0n) is 12.0. The smallest absolute Gasteiger partial charge is 0.234 e. The second-order valence-corrected chi connectivity index (χ2v) is 5.94. The first-order chi connectivity index (χ1) is 9.34. The van der Waals surface area contributed by atoms with Gasteiger partial charge in [0.25, 0.3) is 0 Å². The third-order valence-electron chi connectivity index (χ3n) is 4.28. The SMILES string of the molecule is O=C(CNCC1CCOCC1)NC1CCCCCC1. The topological polar surface area (TPSA) is 50.4 Å². The zero-order valence-corrected chi connectivity index (χ0v) is 12.0. The maximum atomic E-state index is 11.9. The molecule has 0 bridgehead atoms. The molecule has 110 valence electrons. The largest absolute Gasteiger partial charge is 0.381 e. The van der Waals surface area contributed by atoms with Gasteiger partial charge in [-0.3, -0.25) is 4.79 Å². The van der Waals surface area contributed by atoms with E-state index in [1.165, 1.54) is 25.7 Å². The monoisotopic (exact) mass is 268 g/mol. The summed E-state index contributed by atoms with van der Waals surface area (Å²) in [5, 5.41) is 6.46. The molecule has 0 radical (unpaired) electrons. The lowest BCUT2D eigenvalue weighted by Gasteiger charge is -2.22. The maximum absolute atomic E-state index is 11.9. The van der Waals surface area contributed by atoms with Crippen LogP contribution >= 0.6 is 0 Å². The van der Waals surface area contributed by atoms with Crippen LogP contribution in [0.15, 0.2) is 0 Å². The van der Waals surface area contributed by atoms with Gasteiger partial charge in [0.2, 0.25) is 5.91 Å². The van der Waals surface area contributed by atoms with Crippen LogP contribution in [0.4, 0.5) is 0 Å². The Hall–Kier alpha value is -0.610. The molecule has 2 N–H and O–H groups in total. The van der Waals surface area contributed by atoms with Gasteiger partial charge in [0.15, 0.2) is 0 Å². The molecule has 0 spiro atoms. The molecule has 0 atom stereocenters. The van der Waals surface area contributed by atoms with Gasteiger partial charge < -0.3 is 15.4 Å². The molecular formula is C15H28N2O2. The van der Waals surface area contributed by atoms with Gasteiger partial charge in [0, 0.05) is 19.3 Å². The number of hydrogen-bond acceptors (Lipinski definition) is 3. The van der Waals surface area contributed by atoms with Crippen LogP contribution < -0.4 is 10.6 Å². The molecule has 1 saturated heterocycles. The Kier molecular flexibility index (Phi) is 6.65. The summed E-state index contributed by atoms with van der Waals surface area (Å²) >= 11 is 0. The van der Waals surface area contributed by atoms with Crippen molar-refractivity contribution < 1.29 is 9.53 Å². The van der Waals surface area contributed by atoms with Gasteiger partial charge in [0.1, 0.15) is 0 Å². The molecule has 0 aromatic carbocycles. The molecule has 1 heterocycles. The van der Waals surface area contributed by atoms with Gasteiger partial charge in [-0.2, -0.15) is 0 Å². The Morgan fingerprint density at radius 2 is 1.68 bits per heavy atom. The Balaban J connectivity index is 1.55. The number of rotatable bonds is 5. The first-order valence-corrected chi connectivity index (χ1v) is 7.92. The highest BCUT2D eigenvalue weighted by Crippen LogP contribution is 2.17. The van der Waals surface area contributed by atoms with E-state index in [0.29, 0.717) is 18.5 Å². The van der Waals surface area contributed by atoms with Gasteiger partial charge in [-0.25, -0.2) is 0 Å². The number of hydrogen-bond donors (Lipinski definition) is 2. The van der Waals surface area contributed by atoms with Crippen LogP contribution in [0.2, 0.25) is 0 Å². The summed E-state index contributed by atoms with van der Waals surface area (Å²) < 4.78 is 5.33. The molecular weight excluding hydrogens is 240 g/mol. The molecule has 0 aromatic heterocycles. The van der Waals surface area contributed by atoms with Crippen LogP contribution in [-0.4, -0.2) is 38.3 Å². The van der Waals surface area contributed by atoms with Crippen molar-refractivity contribution in [1.29, 1.82) is 0 Å². The second kappa shape index (κ2) is 8.54. The van der Waals surface area contributed by atoms with Gasteiger partial charge in [-0.1, -0.05) is 25.7 Å². The van der Waals surface area contributed by atoms with E-state index < -0.39 is 0 Å². The van der Waals surface area contributed by atoms with Gasteiger partial charge >= 0.3 is 0 Å². The van der Waals surface area contributed by atoms with E-state index in [-0.39, 0.29) is 5.91 Å². The van der Waals surface area contributed by atoms with Crippen molar-refractivity contribution in [2.75, 3.05) is 26.3 Å². The lowest BCUT2D eigenvalue weighted by atomic mass is 10.0. The third kappa shape index (κ3) is 5.91. The van der Waals surface area contributed by atoms with Crippen molar-refractivity contribution in [1.82, 2.24) is 10.6 Å². The molecule has 2 rings (SSSR count). The first-order valence-electron chi connectivity index (χ1n) is 7.92. The molecule has 1 aliphatic heterocycles. The molecule has 4 heteroatoms. The summed E-state index contributed by atoms with van der Waals surface area (Å²) in [6.07, 6.45) is 9.75. The third-order valence-corrected chi connectivity index (χ3v) is 4.28. The average molecular weight is 268 g/mol. The van der Waals surface area contributed by atoms with E-state index in [9.17, 15) is 4.79 Å². The predicted octanol–water partition coefficient (Wildman–Crippen LogP) is 1.84. The summed E-state index contributed by atoms with van der Waals surface area (Å²) in [6, 6.07) is 0.417. The molecule has 0 unspecified atom stereocenters. The Morgan fingerprint density at radius 3 is 2.37 bits per heavy atom. The number of amides is 1. The molecule has 19 heavy (non-hydrogen) atoms. The number of ether oxygens (including phenoxy) is 1. The minimum atomic E-state index is 0.166. The van der Waals surface area contributed by atoms with Crippen molar-refractivity contribution in [3.8, 4) is 0 Å². The Labute approximate surface area is 116 Å². The van der Waals surface area contributed by atoms with E-state index in [1.54, 1.807) is 0 Å². The fraction of sp³-hybridized carbons (Fsp3) is 0.933. The highest BCUT2D eigenvalue weighted by molar-refractivity contribution is 5.78. The summed E-state index contributed by atoms with van der Waals surface area (Å²) in [4.78, 5) is 11.9. The quantitative estimate of drug-likeness (QED) is 0.748. The maximum Gasteiger partial charge on any atom is 0.234 e.